The highest BCUT2D eigenvalue weighted by molar-refractivity contribution is 5.41. The third kappa shape index (κ3) is 3.34. The summed E-state index contributed by atoms with van der Waals surface area (Å²) in [6.07, 6.45) is 0. The standard InChI is InChI=1S/C10H16N2O/c1-8(12-2)7-13-10-5-3-9(11)4-6-10/h3-6,8,12H,7,11H2,1-2H3. The van der Waals surface area contributed by atoms with Crippen molar-refractivity contribution >= 4 is 5.69 Å². The molecule has 1 atom stereocenters. The molecule has 0 heterocycles. The number of anilines is 1. The van der Waals surface area contributed by atoms with Crippen LogP contribution in [-0.4, -0.2) is 19.7 Å². The van der Waals surface area contributed by atoms with Crippen LogP contribution >= 0.6 is 0 Å². The Morgan fingerprint density at radius 3 is 2.54 bits per heavy atom. The van der Waals surface area contributed by atoms with Gasteiger partial charge in [-0.3, -0.25) is 0 Å². The van der Waals surface area contributed by atoms with E-state index < -0.39 is 0 Å². The van der Waals surface area contributed by atoms with Gasteiger partial charge in [0.25, 0.3) is 0 Å². The maximum Gasteiger partial charge on any atom is 0.119 e. The minimum absolute atomic E-state index is 0.359. The number of likely N-dealkylation sites (N-methyl/N-ethyl adjacent to an activating group) is 1. The van der Waals surface area contributed by atoms with E-state index in [1.807, 2.05) is 31.3 Å². The van der Waals surface area contributed by atoms with Crippen LogP contribution in [0.2, 0.25) is 0 Å². The summed E-state index contributed by atoms with van der Waals surface area (Å²) in [5, 5.41) is 3.10. The molecule has 0 radical (unpaired) electrons. The summed E-state index contributed by atoms with van der Waals surface area (Å²) in [6.45, 7) is 2.73. The fourth-order valence-electron chi connectivity index (χ4n) is 0.869. The van der Waals surface area contributed by atoms with Gasteiger partial charge in [-0.1, -0.05) is 0 Å². The summed E-state index contributed by atoms with van der Waals surface area (Å²) in [5.74, 6) is 0.858. The number of hydrogen-bond acceptors (Lipinski definition) is 3. The molecule has 1 aromatic rings. The third-order valence-electron chi connectivity index (χ3n) is 1.87. The zero-order chi connectivity index (χ0) is 9.68. The largest absolute Gasteiger partial charge is 0.492 e. The molecule has 0 aliphatic rings. The van der Waals surface area contributed by atoms with Crippen LogP contribution in [0.1, 0.15) is 6.92 Å². The zero-order valence-corrected chi connectivity index (χ0v) is 8.08. The van der Waals surface area contributed by atoms with Crippen molar-refractivity contribution in [1.82, 2.24) is 5.32 Å². The van der Waals surface area contributed by atoms with Crippen molar-refractivity contribution in [1.29, 1.82) is 0 Å². The lowest BCUT2D eigenvalue weighted by atomic mass is 10.3. The highest BCUT2D eigenvalue weighted by Crippen LogP contribution is 2.12. The van der Waals surface area contributed by atoms with Gasteiger partial charge in [-0.15, -0.1) is 0 Å². The lowest BCUT2D eigenvalue weighted by Gasteiger charge is -2.11. The number of ether oxygens (including phenoxy) is 1. The molecule has 72 valence electrons. The first-order valence-electron chi connectivity index (χ1n) is 4.38. The molecule has 3 N–H and O–H groups in total. The molecule has 0 saturated carbocycles. The molecular weight excluding hydrogens is 164 g/mol. The first kappa shape index (κ1) is 9.86. The number of nitrogens with two attached hydrogens (primary N) is 1. The van der Waals surface area contributed by atoms with Gasteiger partial charge in [0.1, 0.15) is 12.4 Å². The molecule has 1 unspecified atom stereocenters. The zero-order valence-electron chi connectivity index (χ0n) is 8.08. The summed E-state index contributed by atoms with van der Waals surface area (Å²) in [7, 11) is 1.91. The number of nitrogen functional groups attached to an aromatic ring is 1. The Bertz CT molecular complexity index is 246. The van der Waals surface area contributed by atoms with Crippen molar-refractivity contribution < 1.29 is 4.74 Å². The monoisotopic (exact) mass is 180 g/mol. The average Bonchev–Trinajstić information content (AvgIpc) is 2.16. The molecule has 3 nitrogen and oxygen atoms in total. The number of benzene rings is 1. The fourth-order valence-corrected chi connectivity index (χ4v) is 0.869. The molecule has 0 spiro atoms. The van der Waals surface area contributed by atoms with E-state index in [0.29, 0.717) is 12.6 Å². The van der Waals surface area contributed by atoms with E-state index in [9.17, 15) is 0 Å². The van der Waals surface area contributed by atoms with Gasteiger partial charge >= 0.3 is 0 Å². The van der Waals surface area contributed by atoms with Gasteiger partial charge < -0.3 is 15.8 Å². The topological polar surface area (TPSA) is 47.3 Å². The second-order valence-electron chi connectivity index (χ2n) is 3.07. The van der Waals surface area contributed by atoms with E-state index in [1.165, 1.54) is 0 Å². The highest BCUT2D eigenvalue weighted by Gasteiger charge is 1.98. The smallest absolute Gasteiger partial charge is 0.119 e. The van der Waals surface area contributed by atoms with Crippen LogP contribution in [-0.2, 0) is 0 Å². The minimum atomic E-state index is 0.359. The van der Waals surface area contributed by atoms with Gasteiger partial charge in [0.05, 0.1) is 0 Å². The van der Waals surface area contributed by atoms with Crippen molar-refractivity contribution in [2.75, 3.05) is 19.4 Å². The van der Waals surface area contributed by atoms with Gasteiger partial charge in [-0.2, -0.15) is 0 Å². The summed E-state index contributed by atoms with van der Waals surface area (Å²) >= 11 is 0. The summed E-state index contributed by atoms with van der Waals surface area (Å²) in [4.78, 5) is 0. The Hall–Kier alpha value is -1.22. The van der Waals surface area contributed by atoms with Gasteiger partial charge in [-0.05, 0) is 38.2 Å². The van der Waals surface area contributed by atoms with Crippen molar-refractivity contribution in [3.63, 3.8) is 0 Å². The molecule has 0 bridgehead atoms. The van der Waals surface area contributed by atoms with Crippen LogP contribution in [0, 0.1) is 0 Å². The number of hydrogen-bond donors (Lipinski definition) is 2. The SMILES string of the molecule is CNC(C)COc1ccc(N)cc1. The molecule has 13 heavy (non-hydrogen) atoms. The summed E-state index contributed by atoms with van der Waals surface area (Å²) < 4.78 is 5.50. The molecule has 0 fully saturated rings. The maximum atomic E-state index is 5.54. The number of rotatable bonds is 4. The van der Waals surface area contributed by atoms with E-state index >= 15 is 0 Å². The van der Waals surface area contributed by atoms with E-state index in [0.717, 1.165) is 11.4 Å². The molecule has 3 heteroatoms. The van der Waals surface area contributed by atoms with Crippen molar-refractivity contribution in [2.45, 2.75) is 13.0 Å². The van der Waals surface area contributed by atoms with Crippen LogP contribution in [0.15, 0.2) is 24.3 Å². The van der Waals surface area contributed by atoms with Crippen LogP contribution in [0.3, 0.4) is 0 Å². The predicted octanol–water partition coefficient (Wildman–Crippen LogP) is 1.26. The normalized spacial score (nSPS) is 12.5. The predicted molar refractivity (Wildman–Crippen MR) is 54.9 cm³/mol. The Labute approximate surface area is 78.9 Å². The minimum Gasteiger partial charge on any atom is -0.492 e. The second kappa shape index (κ2) is 4.72. The molecule has 1 aromatic carbocycles. The van der Waals surface area contributed by atoms with Gasteiger partial charge in [0.15, 0.2) is 0 Å². The molecule has 1 rings (SSSR count). The Balaban J connectivity index is 2.41. The molecule has 0 aromatic heterocycles. The molecule has 0 aliphatic carbocycles. The van der Waals surface area contributed by atoms with Gasteiger partial charge in [-0.25, -0.2) is 0 Å². The first-order chi connectivity index (χ1) is 6.22. The van der Waals surface area contributed by atoms with E-state index in [4.69, 9.17) is 10.5 Å². The summed E-state index contributed by atoms with van der Waals surface area (Å²) in [5.41, 5.74) is 6.30. The van der Waals surface area contributed by atoms with Crippen molar-refractivity contribution in [3.05, 3.63) is 24.3 Å². The molecule has 0 amide bonds. The van der Waals surface area contributed by atoms with E-state index in [2.05, 4.69) is 12.2 Å². The van der Waals surface area contributed by atoms with Crippen LogP contribution in [0.4, 0.5) is 5.69 Å². The Morgan fingerprint density at radius 1 is 1.38 bits per heavy atom. The quantitative estimate of drug-likeness (QED) is 0.686. The van der Waals surface area contributed by atoms with Gasteiger partial charge in [0.2, 0.25) is 0 Å². The highest BCUT2D eigenvalue weighted by atomic mass is 16.5. The van der Waals surface area contributed by atoms with Crippen LogP contribution in [0.25, 0.3) is 0 Å². The van der Waals surface area contributed by atoms with Crippen molar-refractivity contribution in [2.24, 2.45) is 0 Å². The molecular formula is C10H16N2O. The van der Waals surface area contributed by atoms with Gasteiger partial charge in [0, 0.05) is 11.7 Å². The van der Waals surface area contributed by atoms with Crippen LogP contribution in [0.5, 0.6) is 5.75 Å². The Kier molecular flexibility index (Phi) is 3.58. The molecule has 0 aliphatic heterocycles. The van der Waals surface area contributed by atoms with E-state index in [-0.39, 0.29) is 0 Å². The fraction of sp³-hybridized carbons (Fsp3) is 0.400. The third-order valence-corrected chi connectivity index (χ3v) is 1.87. The first-order valence-corrected chi connectivity index (χ1v) is 4.38. The Morgan fingerprint density at radius 2 is 2.00 bits per heavy atom. The van der Waals surface area contributed by atoms with Crippen LogP contribution < -0.4 is 15.8 Å². The van der Waals surface area contributed by atoms with Crippen molar-refractivity contribution in [3.8, 4) is 5.75 Å². The number of nitrogens with one attached hydrogen (secondary N) is 1. The lowest BCUT2D eigenvalue weighted by molar-refractivity contribution is 0.280. The average molecular weight is 180 g/mol. The molecule has 0 saturated heterocycles. The van der Waals surface area contributed by atoms with E-state index in [1.54, 1.807) is 0 Å². The summed E-state index contributed by atoms with van der Waals surface area (Å²) in [6, 6.07) is 7.77. The second-order valence-corrected chi connectivity index (χ2v) is 3.07. The maximum absolute atomic E-state index is 5.54. The lowest BCUT2D eigenvalue weighted by Crippen LogP contribution is -2.28.